The summed E-state index contributed by atoms with van der Waals surface area (Å²) in [5.41, 5.74) is 0.703. The molecule has 2 aromatic carbocycles. The Morgan fingerprint density at radius 3 is 2.82 bits per heavy atom. The first kappa shape index (κ1) is 20.0. The lowest BCUT2D eigenvalue weighted by molar-refractivity contribution is -0.115. The Hall–Kier alpha value is -2.71. The summed E-state index contributed by atoms with van der Waals surface area (Å²) in [5, 5.41) is 12.1. The molecule has 1 heterocycles. The van der Waals surface area contributed by atoms with E-state index in [2.05, 4.69) is 10.3 Å². The van der Waals surface area contributed by atoms with Crippen LogP contribution in [0.1, 0.15) is 13.3 Å². The van der Waals surface area contributed by atoms with Crippen LogP contribution in [0.2, 0.25) is 0 Å². The van der Waals surface area contributed by atoms with Crippen LogP contribution in [0.5, 0.6) is 0 Å². The molecule has 0 radical (unpaired) electrons. The van der Waals surface area contributed by atoms with Crippen molar-refractivity contribution in [3.63, 3.8) is 0 Å². The van der Waals surface area contributed by atoms with Gasteiger partial charge in [0.05, 0.1) is 16.2 Å². The van der Waals surface area contributed by atoms with Crippen LogP contribution in [-0.2, 0) is 11.3 Å². The maximum absolute atomic E-state index is 13.3. The van der Waals surface area contributed by atoms with E-state index in [1.54, 1.807) is 37.3 Å². The average Bonchev–Trinajstić information content (AvgIpc) is 2.68. The molecule has 2 N–H and O–H groups in total. The van der Waals surface area contributed by atoms with Crippen molar-refractivity contribution >= 4 is 34.3 Å². The van der Waals surface area contributed by atoms with Crippen molar-refractivity contribution in [1.29, 1.82) is 0 Å². The number of hydrogen-bond acceptors (Lipinski definition) is 5. The molecule has 28 heavy (non-hydrogen) atoms. The Balaban J connectivity index is 1.87. The Bertz CT molecular complexity index is 1050. The second-order valence-corrected chi connectivity index (χ2v) is 7.51. The molecule has 0 spiro atoms. The first-order chi connectivity index (χ1) is 13.5. The van der Waals surface area contributed by atoms with Crippen molar-refractivity contribution in [2.24, 2.45) is 0 Å². The zero-order valence-electron chi connectivity index (χ0n) is 15.3. The second kappa shape index (κ2) is 8.99. The normalized spacial score (nSPS) is 12.1. The Morgan fingerprint density at radius 1 is 1.29 bits per heavy atom. The van der Waals surface area contributed by atoms with Gasteiger partial charge in [0, 0.05) is 18.8 Å². The van der Waals surface area contributed by atoms with E-state index in [-0.39, 0.29) is 18.1 Å². The van der Waals surface area contributed by atoms with Crippen LogP contribution in [0.15, 0.2) is 58.5 Å². The highest BCUT2D eigenvalue weighted by Crippen LogP contribution is 2.24. The summed E-state index contributed by atoms with van der Waals surface area (Å²) >= 11 is 1.15. The molecule has 3 rings (SSSR count). The van der Waals surface area contributed by atoms with Gasteiger partial charge in [0.2, 0.25) is 5.91 Å². The van der Waals surface area contributed by atoms with Crippen molar-refractivity contribution in [3.05, 3.63) is 64.7 Å². The fraction of sp³-hybridized carbons (Fsp3) is 0.250. The predicted molar refractivity (Wildman–Crippen MR) is 108 cm³/mol. The largest absolute Gasteiger partial charge is 0.396 e. The minimum atomic E-state index is -0.572. The number of benzene rings is 2. The molecule has 8 heteroatoms. The summed E-state index contributed by atoms with van der Waals surface area (Å²) in [6.07, 6.45) is 0.400. The van der Waals surface area contributed by atoms with Crippen molar-refractivity contribution in [3.8, 4) is 0 Å². The number of nitrogens with zero attached hydrogens (tertiary/aromatic N) is 2. The maximum Gasteiger partial charge on any atom is 0.262 e. The third kappa shape index (κ3) is 4.58. The van der Waals surface area contributed by atoms with Gasteiger partial charge in [0.25, 0.3) is 5.56 Å². The molecule has 1 unspecified atom stereocenters. The number of carbonyl (C=O) groups excluding carboxylic acids is 1. The molecular formula is C20H20FN3O3S. The molecule has 0 bridgehead atoms. The number of aliphatic hydroxyl groups is 1. The molecule has 1 atom stereocenters. The van der Waals surface area contributed by atoms with E-state index in [9.17, 15) is 14.0 Å². The van der Waals surface area contributed by atoms with Gasteiger partial charge in [-0.3, -0.25) is 14.2 Å². The van der Waals surface area contributed by atoms with Gasteiger partial charge in [-0.05, 0) is 43.7 Å². The number of para-hydroxylation sites is 1. The monoisotopic (exact) mass is 401 g/mol. The van der Waals surface area contributed by atoms with Gasteiger partial charge in [-0.25, -0.2) is 9.37 Å². The van der Waals surface area contributed by atoms with Crippen molar-refractivity contribution in [2.45, 2.75) is 30.3 Å². The van der Waals surface area contributed by atoms with Crippen molar-refractivity contribution < 1.29 is 14.3 Å². The minimum Gasteiger partial charge on any atom is -0.396 e. The van der Waals surface area contributed by atoms with Crippen LogP contribution in [-0.4, -0.2) is 32.4 Å². The molecule has 0 saturated heterocycles. The smallest absolute Gasteiger partial charge is 0.262 e. The summed E-state index contributed by atoms with van der Waals surface area (Å²) in [5.74, 6) is -0.765. The molecule has 1 aromatic heterocycles. The summed E-state index contributed by atoms with van der Waals surface area (Å²) in [6, 6.07) is 12.7. The number of fused-ring (bicyclic) bond motifs is 1. The van der Waals surface area contributed by atoms with Crippen molar-refractivity contribution in [1.82, 2.24) is 9.55 Å². The van der Waals surface area contributed by atoms with Crippen LogP contribution in [0.4, 0.5) is 10.1 Å². The predicted octanol–water partition coefficient (Wildman–Crippen LogP) is 3.04. The molecule has 0 saturated carbocycles. The number of rotatable bonds is 7. The molecule has 0 aliphatic rings. The number of carbonyl (C=O) groups is 1. The zero-order valence-corrected chi connectivity index (χ0v) is 16.1. The standard InChI is InChI=1S/C20H20FN3O3S/c1-13(18(26)22-15-7-4-6-14(21)12-15)28-20-23-17-9-3-2-8-16(17)19(27)24(20)10-5-11-25/h2-4,6-9,12-13,25H,5,10-11H2,1H3,(H,22,26). The van der Waals surface area contributed by atoms with Gasteiger partial charge in [-0.15, -0.1) is 0 Å². The Morgan fingerprint density at radius 2 is 2.07 bits per heavy atom. The second-order valence-electron chi connectivity index (χ2n) is 6.21. The van der Waals surface area contributed by atoms with Gasteiger partial charge in [0.15, 0.2) is 5.16 Å². The van der Waals surface area contributed by atoms with E-state index >= 15 is 0 Å². The van der Waals surface area contributed by atoms with Crippen LogP contribution < -0.4 is 10.9 Å². The van der Waals surface area contributed by atoms with Gasteiger partial charge in [-0.1, -0.05) is 30.0 Å². The number of anilines is 1. The SMILES string of the molecule is CC(Sc1nc2ccccc2c(=O)n1CCCO)C(=O)Nc1cccc(F)c1. The Kier molecular flexibility index (Phi) is 6.43. The molecule has 6 nitrogen and oxygen atoms in total. The lowest BCUT2D eigenvalue weighted by atomic mass is 10.2. The number of nitrogens with one attached hydrogen (secondary N) is 1. The highest BCUT2D eigenvalue weighted by molar-refractivity contribution is 8.00. The summed E-state index contributed by atoms with van der Waals surface area (Å²) in [4.78, 5) is 29.8. The zero-order chi connectivity index (χ0) is 20.1. The molecule has 0 aliphatic heterocycles. The molecule has 3 aromatic rings. The van der Waals surface area contributed by atoms with Crippen LogP contribution in [0, 0.1) is 5.82 Å². The number of hydrogen-bond donors (Lipinski definition) is 2. The summed E-state index contributed by atoms with van der Waals surface area (Å²) in [7, 11) is 0. The molecule has 0 fully saturated rings. The maximum atomic E-state index is 13.3. The van der Waals surface area contributed by atoms with E-state index in [1.165, 1.54) is 22.8 Å². The first-order valence-corrected chi connectivity index (χ1v) is 9.71. The first-order valence-electron chi connectivity index (χ1n) is 8.83. The van der Waals surface area contributed by atoms with Gasteiger partial charge in [-0.2, -0.15) is 0 Å². The van der Waals surface area contributed by atoms with Crippen LogP contribution >= 0.6 is 11.8 Å². The van der Waals surface area contributed by atoms with E-state index < -0.39 is 11.1 Å². The van der Waals surface area contributed by atoms with Gasteiger partial charge >= 0.3 is 0 Å². The number of thioether (sulfide) groups is 1. The highest BCUT2D eigenvalue weighted by atomic mass is 32.2. The van der Waals surface area contributed by atoms with Gasteiger partial charge in [0.1, 0.15) is 5.82 Å². The molecule has 146 valence electrons. The third-order valence-corrected chi connectivity index (χ3v) is 5.20. The van der Waals surface area contributed by atoms with Gasteiger partial charge < -0.3 is 10.4 Å². The lowest BCUT2D eigenvalue weighted by Crippen LogP contribution is -2.27. The summed E-state index contributed by atoms with van der Waals surface area (Å²) < 4.78 is 14.8. The average molecular weight is 401 g/mol. The summed E-state index contributed by atoms with van der Waals surface area (Å²) in [6.45, 7) is 1.93. The van der Waals surface area contributed by atoms with E-state index in [4.69, 9.17) is 5.11 Å². The quantitative estimate of drug-likeness (QED) is 0.470. The topological polar surface area (TPSA) is 84.2 Å². The van der Waals surface area contributed by atoms with Crippen molar-refractivity contribution in [2.75, 3.05) is 11.9 Å². The van der Waals surface area contributed by atoms with Crippen LogP contribution in [0.25, 0.3) is 10.9 Å². The minimum absolute atomic E-state index is 0.0566. The fourth-order valence-corrected chi connectivity index (χ4v) is 3.62. The molecule has 0 aliphatic carbocycles. The number of aliphatic hydroxyl groups excluding tert-OH is 1. The van der Waals surface area contributed by atoms with Crippen LogP contribution in [0.3, 0.4) is 0 Å². The fourth-order valence-electron chi connectivity index (χ4n) is 2.69. The van der Waals surface area contributed by atoms with E-state index in [0.29, 0.717) is 34.7 Å². The number of amides is 1. The van der Waals surface area contributed by atoms with E-state index in [1.807, 2.05) is 0 Å². The highest BCUT2D eigenvalue weighted by Gasteiger charge is 2.19. The lowest BCUT2D eigenvalue weighted by Gasteiger charge is -2.16. The Labute approximate surface area is 165 Å². The molecular weight excluding hydrogens is 381 g/mol. The third-order valence-electron chi connectivity index (χ3n) is 4.11. The number of halogens is 1. The number of aromatic nitrogens is 2. The molecule has 1 amide bonds. The van der Waals surface area contributed by atoms with E-state index in [0.717, 1.165) is 11.8 Å².